The van der Waals surface area contributed by atoms with Crippen LogP contribution in [0.1, 0.15) is 42.7 Å². The van der Waals surface area contributed by atoms with Crippen LogP contribution in [0, 0.1) is 0 Å². The van der Waals surface area contributed by atoms with E-state index in [0.717, 1.165) is 5.56 Å². The minimum Gasteiger partial charge on any atom is -0.382 e. The predicted octanol–water partition coefficient (Wildman–Crippen LogP) is 2.02. The molecule has 4 nitrogen and oxygen atoms in total. The molecule has 0 aliphatic rings. The number of benzene rings is 1. The lowest BCUT2D eigenvalue weighted by Gasteiger charge is -2.12. The Morgan fingerprint density at radius 1 is 1.12 bits per heavy atom. The molecule has 1 unspecified atom stereocenters. The summed E-state index contributed by atoms with van der Waals surface area (Å²) in [5.74, 6) is 0.500. The van der Waals surface area contributed by atoms with E-state index in [4.69, 9.17) is 0 Å². The molecule has 0 saturated heterocycles. The summed E-state index contributed by atoms with van der Waals surface area (Å²) in [7, 11) is 1.77. The van der Waals surface area contributed by atoms with Gasteiger partial charge in [-0.15, -0.1) is 5.10 Å². The number of hydrogen-bond acceptors (Lipinski definition) is 3. The van der Waals surface area contributed by atoms with Gasteiger partial charge in [-0.2, -0.15) is 0 Å². The van der Waals surface area contributed by atoms with Crippen LogP contribution in [-0.2, 0) is 7.05 Å². The highest BCUT2D eigenvalue weighted by Crippen LogP contribution is 2.22. The van der Waals surface area contributed by atoms with E-state index in [9.17, 15) is 5.11 Å². The zero-order chi connectivity index (χ0) is 12.4. The number of rotatable bonds is 3. The number of aromatic nitrogens is 3. The van der Waals surface area contributed by atoms with Crippen LogP contribution in [0.3, 0.4) is 0 Å². The van der Waals surface area contributed by atoms with E-state index in [0.29, 0.717) is 11.6 Å². The summed E-state index contributed by atoms with van der Waals surface area (Å²) in [6.07, 6.45) is 0.914. The van der Waals surface area contributed by atoms with Crippen molar-refractivity contribution in [3.8, 4) is 0 Å². The summed E-state index contributed by atoms with van der Waals surface area (Å²) in [6.45, 7) is 4.30. The van der Waals surface area contributed by atoms with Crippen molar-refractivity contribution in [1.82, 2.24) is 15.0 Å². The van der Waals surface area contributed by atoms with Crippen LogP contribution in [0.5, 0.6) is 0 Å². The Kier molecular flexibility index (Phi) is 3.24. The molecule has 2 rings (SSSR count). The summed E-state index contributed by atoms with van der Waals surface area (Å²) in [6, 6.07) is 8.00. The molecule has 1 atom stereocenters. The average Bonchev–Trinajstić information content (AvgIpc) is 2.74. The number of aliphatic hydroxyl groups is 1. The van der Waals surface area contributed by atoms with Crippen molar-refractivity contribution in [2.75, 3.05) is 0 Å². The molecule has 0 saturated carbocycles. The maximum absolute atomic E-state index is 10.2. The smallest absolute Gasteiger partial charge is 0.122 e. The summed E-state index contributed by atoms with van der Waals surface area (Å²) in [4.78, 5) is 0. The van der Waals surface area contributed by atoms with Crippen molar-refractivity contribution in [3.05, 3.63) is 47.3 Å². The fourth-order valence-electron chi connectivity index (χ4n) is 1.78. The molecule has 0 radical (unpaired) electrons. The predicted molar refractivity (Wildman–Crippen MR) is 65.6 cm³/mol. The lowest BCUT2D eigenvalue weighted by atomic mass is 9.99. The molecule has 1 aromatic carbocycles. The molecule has 4 heteroatoms. The maximum Gasteiger partial charge on any atom is 0.122 e. The maximum atomic E-state index is 10.2. The van der Waals surface area contributed by atoms with Gasteiger partial charge in [-0.25, -0.2) is 4.68 Å². The molecule has 1 N–H and O–H groups in total. The number of aliphatic hydroxyl groups excluding tert-OH is 1. The van der Waals surface area contributed by atoms with Crippen LogP contribution in [0.4, 0.5) is 0 Å². The van der Waals surface area contributed by atoms with Gasteiger partial charge in [-0.1, -0.05) is 43.3 Å². The van der Waals surface area contributed by atoms with Gasteiger partial charge in [-0.3, -0.25) is 0 Å². The van der Waals surface area contributed by atoms with E-state index in [1.165, 1.54) is 5.56 Å². The first-order chi connectivity index (χ1) is 8.09. The molecule has 0 aliphatic carbocycles. The molecular formula is C13H17N3O. The lowest BCUT2D eigenvalue weighted by molar-refractivity contribution is 0.209. The summed E-state index contributed by atoms with van der Waals surface area (Å²) in [5, 5.41) is 17.8. The highest BCUT2D eigenvalue weighted by molar-refractivity contribution is 5.29. The second-order valence-electron chi connectivity index (χ2n) is 4.51. The highest BCUT2D eigenvalue weighted by atomic mass is 16.3. The van der Waals surface area contributed by atoms with E-state index < -0.39 is 6.10 Å². The van der Waals surface area contributed by atoms with E-state index in [1.807, 2.05) is 24.3 Å². The Morgan fingerprint density at radius 2 is 1.71 bits per heavy atom. The average molecular weight is 231 g/mol. The molecule has 0 spiro atoms. The van der Waals surface area contributed by atoms with Crippen molar-refractivity contribution in [1.29, 1.82) is 0 Å². The lowest BCUT2D eigenvalue weighted by Crippen LogP contribution is -2.06. The Bertz CT molecular complexity index is 488. The molecule has 0 bridgehead atoms. The molecule has 1 aromatic heterocycles. The minimum absolute atomic E-state index is 0.500. The topological polar surface area (TPSA) is 50.9 Å². The fraction of sp³-hybridized carbons (Fsp3) is 0.385. The molecule has 0 amide bonds. The standard InChI is InChI=1S/C13H17N3O/c1-9(2)10-4-6-11(7-5-10)13(17)12-8-14-15-16(12)3/h4-9,13,17H,1-3H3. The summed E-state index contributed by atoms with van der Waals surface area (Å²) < 4.78 is 1.58. The number of aryl methyl sites for hydroxylation is 1. The quantitative estimate of drug-likeness (QED) is 0.879. The van der Waals surface area contributed by atoms with Crippen molar-refractivity contribution >= 4 is 0 Å². The van der Waals surface area contributed by atoms with E-state index in [-0.39, 0.29) is 0 Å². The Hall–Kier alpha value is -1.68. The van der Waals surface area contributed by atoms with Gasteiger partial charge in [0, 0.05) is 7.05 Å². The zero-order valence-electron chi connectivity index (χ0n) is 10.3. The molecule has 1 heterocycles. The van der Waals surface area contributed by atoms with Crippen LogP contribution in [0.25, 0.3) is 0 Å². The normalized spacial score (nSPS) is 13.0. The first kappa shape index (κ1) is 11.8. The monoisotopic (exact) mass is 231 g/mol. The Morgan fingerprint density at radius 3 is 2.18 bits per heavy atom. The van der Waals surface area contributed by atoms with Gasteiger partial charge < -0.3 is 5.11 Å². The number of hydrogen-bond donors (Lipinski definition) is 1. The van der Waals surface area contributed by atoms with Crippen molar-refractivity contribution in [2.45, 2.75) is 25.9 Å². The first-order valence-electron chi connectivity index (χ1n) is 5.72. The van der Waals surface area contributed by atoms with Crippen LogP contribution >= 0.6 is 0 Å². The third kappa shape index (κ3) is 2.36. The van der Waals surface area contributed by atoms with E-state index >= 15 is 0 Å². The van der Waals surface area contributed by atoms with Gasteiger partial charge in [0.15, 0.2) is 0 Å². The van der Waals surface area contributed by atoms with E-state index in [1.54, 1.807) is 17.9 Å². The second kappa shape index (κ2) is 4.67. The van der Waals surface area contributed by atoms with Crippen molar-refractivity contribution < 1.29 is 5.11 Å². The molecule has 0 aliphatic heterocycles. The summed E-state index contributed by atoms with van der Waals surface area (Å²) in [5.41, 5.74) is 2.83. The first-order valence-corrected chi connectivity index (χ1v) is 5.72. The second-order valence-corrected chi connectivity index (χ2v) is 4.51. The Labute approximate surface area is 101 Å². The molecule has 2 aromatic rings. The van der Waals surface area contributed by atoms with Gasteiger partial charge in [0.25, 0.3) is 0 Å². The van der Waals surface area contributed by atoms with Gasteiger partial charge in [0.2, 0.25) is 0 Å². The third-order valence-corrected chi connectivity index (χ3v) is 2.95. The van der Waals surface area contributed by atoms with Crippen molar-refractivity contribution in [3.63, 3.8) is 0 Å². The largest absolute Gasteiger partial charge is 0.382 e. The van der Waals surface area contributed by atoms with Gasteiger partial charge >= 0.3 is 0 Å². The molecule has 17 heavy (non-hydrogen) atoms. The SMILES string of the molecule is CC(C)c1ccc(C(O)c2cnnn2C)cc1. The zero-order valence-corrected chi connectivity index (χ0v) is 10.3. The van der Waals surface area contributed by atoms with Crippen molar-refractivity contribution in [2.24, 2.45) is 7.05 Å². The van der Waals surface area contributed by atoms with Gasteiger partial charge in [-0.05, 0) is 17.0 Å². The van der Waals surface area contributed by atoms with Crippen LogP contribution in [0.15, 0.2) is 30.5 Å². The fourth-order valence-corrected chi connectivity index (χ4v) is 1.78. The number of nitrogens with zero attached hydrogens (tertiary/aromatic N) is 3. The molecular weight excluding hydrogens is 214 g/mol. The highest BCUT2D eigenvalue weighted by Gasteiger charge is 2.14. The minimum atomic E-state index is -0.670. The van der Waals surface area contributed by atoms with Crippen LogP contribution in [0.2, 0.25) is 0 Å². The van der Waals surface area contributed by atoms with E-state index in [2.05, 4.69) is 24.2 Å². The van der Waals surface area contributed by atoms with Crippen LogP contribution < -0.4 is 0 Å². The third-order valence-electron chi connectivity index (χ3n) is 2.95. The summed E-state index contributed by atoms with van der Waals surface area (Å²) >= 11 is 0. The van der Waals surface area contributed by atoms with Gasteiger partial charge in [0.1, 0.15) is 6.10 Å². The van der Waals surface area contributed by atoms with Crippen LogP contribution in [-0.4, -0.2) is 20.1 Å². The molecule has 90 valence electrons. The van der Waals surface area contributed by atoms with Gasteiger partial charge in [0.05, 0.1) is 11.9 Å². The molecule has 0 fully saturated rings. The Balaban J connectivity index is 2.26.